The van der Waals surface area contributed by atoms with Crippen LogP contribution in [0.2, 0.25) is 0 Å². The molecule has 0 aliphatic carbocycles. The number of aromatic nitrogens is 1. The Morgan fingerprint density at radius 3 is 2.77 bits per heavy atom. The third kappa shape index (κ3) is 3.79. The largest absolute Gasteiger partial charge is 0.455 e. The van der Waals surface area contributed by atoms with Gasteiger partial charge in [-0.1, -0.05) is 0 Å². The Hall–Kier alpha value is -2.48. The van der Waals surface area contributed by atoms with E-state index in [0.29, 0.717) is 16.4 Å². The fourth-order valence-corrected chi connectivity index (χ4v) is 2.60. The number of carbonyl (C=O) groups is 2. The van der Waals surface area contributed by atoms with E-state index in [0.717, 1.165) is 0 Å². The predicted molar refractivity (Wildman–Crippen MR) is 80.0 cm³/mol. The molecule has 2 rings (SSSR count). The molecule has 2 aromatic rings. The van der Waals surface area contributed by atoms with E-state index < -0.39 is 11.6 Å². The molecular formula is C14H14N2O5S. The van der Waals surface area contributed by atoms with Crippen LogP contribution in [0.3, 0.4) is 0 Å². The molecular weight excluding hydrogens is 308 g/mol. The number of carbonyl (C=O) groups excluding carboxylic acids is 2. The molecule has 0 saturated heterocycles. The van der Waals surface area contributed by atoms with E-state index in [-0.39, 0.29) is 23.8 Å². The normalized spacial score (nSPS) is 10.3. The molecule has 22 heavy (non-hydrogen) atoms. The van der Waals surface area contributed by atoms with Crippen molar-refractivity contribution in [1.82, 2.24) is 4.98 Å². The van der Waals surface area contributed by atoms with Crippen LogP contribution in [0.1, 0.15) is 34.3 Å². The Kier molecular flexibility index (Phi) is 4.71. The van der Waals surface area contributed by atoms with Crippen molar-refractivity contribution in [3.63, 3.8) is 0 Å². The van der Waals surface area contributed by atoms with Crippen molar-refractivity contribution in [2.24, 2.45) is 0 Å². The van der Waals surface area contributed by atoms with E-state index in [4.69, 9.17) is 9.15 Å². The highest BCUT2D eigenvalue weighted by molar-refractivity contribution is 7.13. The molecule has 8 heteroatoms. The quantitative estimate of drug-likeness (QED) is 0.865. The molecule has 7 nitrogen and oxygen atoms in total. The number of rotatable bonds is 4. The molecule has 0 unspecified atom stereocenters. The number of thiazole rings is 1. The van der Waals surface area contributed by atoms with Gasteiger partial charge in [0.05, 0.1) is 5.69 Å². The first-order valence-electron chi connectivity index (χ1n) is 6.37. The van der Waals surface area contributed by atoms with Gasteiger partial charge in [0.1, 0.15) is 17.9 Å². The van der Waals surface area contributed by atoms with Gasteiger partial charge in [-0.2, -0.15) is 0 Å². The maximum atomic E-state index is 12.1. The first-order valence-corrected chi connectivity index (χ1v) is 7.25. The van der Waals surface area contributed by atoms with Crippen molar-refractivity contribution in [2.45, 2.75) is 27.4 Å². The van der Waals surface area contributed by atoms with Crippen molar-refractivity contribution in [3.8, 4) is 0 Å². The number of amides is 1. The van der Waals surface area contributed by atoms with Crippen LogP contribution in [0.5, 0.6) is 0 Å². The van der Waals surface area contributed by atoms with Crippen molar-refractivity contribution in [2.75, 3.05) is 5.32 Å². The molecule has 0 atom stereocenters. The molecule has 116 valence electrons. The van der Waals surface area contributed by atoms with Crippen LogP contribution in [-0.2, 0) is 16.1 Å². The van der Waals surface area contributed by atoms with Crippen molar-refractivity contribution in [3.05, 3.63) is 44.4 Å². The number of hydrogen-bond acceptors (Lipinski definition) is 7. The average molecular weight is 322 g/mol. The summed E-state index contributed by atoms with van der Waals surface area (Å²) in [6, 6.07) is 1.24. The SMILES string of the molecule is CC(=O)Nc1nc(COC(=O)c2c(C)cc(=O)oc2C)cs1. The minimum Gasteiger partial charge on any atom is -0.455 e. The van der Waals surface area contributed by atoms with E-state index in [1.54, 1.807) is 12.3 Å². The fraction of sp³-hybridized carbons (Fsp3) is 0.286. The Morgan fingerprint density at radius 2 is 2.14 bits per heavy atom. The number of aryl methyl sites for hydroxylation is 2. The second kappa shape index (κ2) is 6.52. The van der Waals surface area contributed by atoms with E-state index in [2.05, 4.69) is 10.3 Å². The molecule has 0 aromatic carbocycles. The lowest BCUT2D eigenvalue weighted by Gasteiger charge is -2.07. The standard InChI is InChI=1S/C14H14N2O5S/c1-7-4-11(18)21-8(2)12(7)13(19)20-5-10-6-22-14(16-10)15-9(3)17/h4,6H,5H2,1-3H3,(H,15,16,17). The number of hydrogen-bond donors (Lipinski definition) is 1. The number of anilines is 1. The van der Waals surface area contributed by atoms with Gasteiger partial charge in [0.15, 0.2) is 5.13 Å². The lowest BCUT2D eigenvalue weighted by Crippen LogP contribution is -2.13. The zero-order valence-corrected chi connectivity index (χ0v) is 13.1. The molecule has 0 aliphatic heterocycles. The lowest BCUT2D eigenvalue weighted by atomic mass is 10.1. The van der Waals surface area contributed by atoms with Gasteiger partial charge in [0.2, 0.25) is 5.91 Å². The van der Waals surface area contributed by atoms with Crippen LogP contribution >= 0.6 is 11.3 Å². The molecule has 1 amide bonds. The highest BCUT2D eigenvalue weighted by Gasteiger charge is 2.17. The predicted octanol–water partition coefficient (Wildman–Crippen LogP) is 2.03. The monoisotopic (exact) mass is 322 g/mol. The second-order valence-corrected chi connectivity index (χ2v) is 5.44. The van der Waals surface area contributed by atoms with Gasteiger partial charge in [0.25, 0.3) is 0 Å². The third-order valence-electron chi connectivity index (χ3n) is 2.72. The third-order valence-corrected chi connectivity index (χ3v) is 3.53. The Morgan fingerprint density at radius 1 is 1.41 bits per heavy atom. The number of nitrogens with one attached hydrogen (secondary N) is 1. The Labute approximate surface area is 129 Å². The van der Waals surface area contributed by atoms with E-state index in [1.807, 2.05) is 0 Å². The molecule has 0 saturated carbocycles. The molecule has 0 bridgehead atoms. The van der Waals surface area contributed by atoms with Gasteiger partial charge < -0.3 is 14.5 Å². The summed E-state index contributed by atoms with van der Waals surface area (Å²) in [7, 11) is 0. The smallest absolute Gasteiger partial charge is 0.342 e. The van der Waals surface area contributed by atoms with Gasteiger partial charge in [0, 0.05) is 18.4 Å². The molecule has 0 fully saturated rings. The van der Waals surface area contributed by atoms with E-state index in [1.165, 1.54) is 31.3 Å². The summed E-state index contributed by atoms with van der Waals surface area (Å²) in [4.78, 5) is 38.3. The minimum atomic E-state index is -0.590. The van der Waals surface area contributed by atoms with Crippen LogP contribution in [-0.4, -0.2) is 16.9 Å². The summed E-state index contributed by atoms with van der Waals surface area (Å²) in [5.41, 5.74) is 0.744. The van der Waals surface area contributed by atoms with Crippen molar-refractivity contribution >= 4 is 28.3 Å². The maximum absolute atomic E-state index is 12.1. The first kappa shape index (κ1) is 15.9. The zero-order chi connectivity index (χ0) is 16.3. The maximum Gasteiger partial charge on any atom is 0.342 e. The summed E-state index contributed by atoms with van der Waals surface area (Å²) < 4.78 is 10.1. The summed E-state index contributed by atoms with van der Waals surface area (Å²) in [5, 5.41) is 4.67. The van der Waals surface area contributed by atoms with Crippen LogP contribution in [0.15, 0.2) is 20.7 Å². The van der Waals surface area contributed by atoms with Gasteiger partial charge in [-0.05, 0) is 19.4 Å². The molecule has 0 spiro atoms. The molecule has 0 aliphatic rings. The lowest BCUT2D eigenvalue weighted by molar-refractivity contribution is -0.114. The number of esters is 1. The van der Waals surface area contributed by atoms with E-state index >= 15 is 0 Å². The second-order valence-electron chi connectivity index (χ2n) is 4.58. The fourth-order valence-electron chi connectivity index (χ4n) is 1.86. The Balaban J connectivity index is 2.06. The highest BCUT2D eigenvalue weighted by atomic mass is 32.1. The minimum absolute atomic E-state index is 0.0348. The average Bonchev–Trinajstić information content (AvgIpc) is 2.81. The van der Waals surface area contributed by atoms with Crippen LogP contribution < -0.4 is 10.9 Å². The van der Waals surface area contributed by atoms with Crippen LogP contribution in [0.25, 0.3) is 0 Å². The number of nitrogens with zero attached hydrogens (tertiary/aromatic N) is 1. The molecule has 0 radical (unpaired) electrons. The van der Waals surface area contributed by atoms with Gasteiger partial charge in [-0.15, -0.1) is 11.3 Å². The topological polar surface area (TPSA) is 98.5 Å². The van der Waals surface area contributed by atoms with Crippen molar-refractivity contribution < 1.29 is 18.7 Å². The summed E-state index contributed by atoms with van der Waals surface area (Å²) >= 11 is 1.24. The van der Waals surface area contributed by atoms with Crippen molar-refractivity contribution in [1.29, 1.82) is 0 Å². The molecule has 2 heterocycles. The van der Waals surface area contributed by atoms with Gasteiger partial charge >= 0.3 is 11.6 Å². The molecule has 1 N–H and O–H groups in total. The Bertz CT molecular complexity index is 752. The van der Waals surface area contributed by atoms with Gasteiger partial charge in [-0.25, -0.2) is 14.6 Å². The van der Waals surface area contributed by atoms with E-state index in [9.17, 15) is 14.4 Å². The van der Waals surface area contributed by atoms with Crippen LogP contribution in [0.4, 0.5) is 5.13 Å². The van der Waals surface area contributed by atoms with Gasteiger partial charge in [-0.3, -0.25) is 4.79 Å². The zero-order valence-electron chi connectivity index (χ0n) is 12.3. The summed E-state index contributed by atoms with van der Waals surface area (Å²) in [5.74, 6) is -0.594. The summed E-state index contributed by atoms with van der Waals surface area (Å²) in [6.07, 6.45) is 0. The summed E-state index contributed by atoms with van der Waals surface area (Å²) in [6.45, 7) is 4.52. The highest BCUT2D eigenvalue weighted by Crippen LogP contribution is 2.17. The van der Waals surface area contributed by atoms with Crippen LogP contribution in [0, 0.1) is 13.8 Å². The molecule has 2 aromatic heterocycles. The number of ether oxygens (including phenoxy) is 1. The first-order chi connectivity index (χ1) is 10.4.